The molecule has 0 amide bonds. The molecule has 0 saturated heterocycles. The van der Waals surface area contributed by atoms with Crippen molar-refractivity contribution in [3.05, 3.63) is 89.5 Å². The lowest BCUT2D eigenvalue weighted by Crippen LogP contribution is -2.14. The van der Waals surface area contributed by atoms with E-state index in [0.29, 0.717) is 17.3 Å². The number of carboxylic acids is 1. The molecule has 1 atom stereocenters. The number of benzene rings is 3. The molecular weight excluding hydrogens is 440 g/mol. The number of nitrogens with two attached hydrogens (primary N) is 1. The van der Waals surface area contributed by atoms with E-state index in [4.69, 9.17) is 5.73 Å². The molecule has 1 unspecified atom stereocenters. The van der Waals surface area contributed by atoms with Crippen LogP contribution in [0.2, 0.25) is 0 Å². The lowest BCUT2D eigenvalue weighted by atomic mass is 9.88. The van der Waals surface area contributed by atoms with Crippen LogP contribution in [0.25, 0.3) is 0 Å². The Morgan fingerprint density at radius 2 is 1.72 bits per heavy atom. The summed E-state index contributed by atoms with van der Waals surface area (Å²) >= 11 is 0. The van der Waals surface area contributed by atoms with E-state index in [-0.39, 0.29) is 16.1 Å². The van der Waals surface area contributed by atoms with Crippen LogP contribution in [0, 0.1) is 11.6 Å². The van der Waals surface area contributed by atoms with Crippen LogP contribution in [-0.2, 0) is 14.8 Å². The number of anilines is 1. The molecule has 3 aromatic rings. The van der Waals surface area contributed by atoms with Crippen LogP contribution in [0.4, 0.5) is 20.2 Å². The van der Waals surface area contributed by atoms with E-state index in [0.717, 1.165) is 18.5 Å². The average molecular weight is 459 g/mol. The van der Waals surface area contributed by atoms with Gasteiger partial charge >= 0.3 is 5.97 Å². The van der Waals surface area contributed by atoms with Crippen molar-refractivity contribution in [1.82, 2.24) is 0 Å². The molecule has 0 aliphatic rings. The van der Waals surface area contributed by atoms with Crippen LogP contribution in [0.15, 0.2) is 76.6 Å². The number of nitrogens with one attached hydrogen (secondary N) is 1. The summed E-state index contributed by atoms with van der Waals surface area (Å²) in [5.41, 5.74) is 6.24. The van der Waals surface area contributed by atoms with Gasteiger partial charge in [0.15, 0.2) is 0 Å². The van der Waals surface area contributed by atoms with Gasteiger partial charge in [0.2, 0.25) is 0 Å². The van der Waals surface area contributed by atoms with Crippen LogP contribution < -0.4 is 10.5 Å². The summed E-state index contributed by atoms with van der Waals surface area (Å²) in [5, 5.41) is 9.30. The van der Waals surface area contributed by atoms with Gasteiger partial charge in [-0.05, 0) is 53.6 Å². The van der Waals surface area contributed by atoms with E-state index in [1.807, 2.05) is 0 Å². The normalized spacial score (nSPS) is 12.6. The van der Waals surface area contributed by atoms with Gasteiger partial charge in [-0.15, -0.1) is 0 Å². The van der Waals surface area contributed by atoms with Gasteiger partial charge in [-0.1, -0.05) is 18.2 Å². The number of carbonyl (C=O) groups is 1. The minimum Gasteiger partial charge on any atom is -0.481 e. The van der Waals surface area contributed by atoms with Crippen molar-refractivity contribution in [3.8, 4) is 0 Å². The van der Waals surface area contributed by atoms with Crippen molar-refractivity contribution in [2.45, 2.75) is 17.2 Å². The maximum Gasteiger partial charge on any atom is 0.304 e. The SMILES string of the molecule is NC=Nc1cccc(S(=O)(=O)Nc2cccc(C(CC(=O)O)c3cc(F)cc(F)c3)c2)c1. The van der Waals surface area contributed by atoms with E-state index in [2.05, 4.69) is 9.71 Å². The van der Waals surface area contributed by atoms with Gasteiger partial charge in [0, 0.05) is 17.7 Å². The number of sulfonamides is 1. The predicted octanol–water partition coefficient (Wildman–Crippen LogP) is 3.99. The fourth-order valence-corrected chi connectivity index (χ4v) is 4.32. The second kappa shape index (κ2) is 9.56. The zero-order chi connectivity index (χ0) is 23.3. The zero-order valence-corrected chi connectivity index (χ0v) is 17.4. The molecule has 0 heterocycles. The van der Waals surface area contributed by atoms with Gasteiger partial charge in [0.25, 0.3) is 10.0 Å². The summed E-state index contributed by atoms with van der Waals surface area (Å²) < 4.78 is 55.4. The number of aliphatic carboxylic acids is 1. The summed E-state index contributed by atoms with van der Waals surface area (Å²) in [5.74, 6) is -3.76. The standard InChI is InChI=1S/C22H19F2N3O4S/c23-16-7-15(8-17(24)10-16)21(12-22(28)29)14-3-1-5-19(9-14)27-32(30,31)20-6-2-4-18(11-20)26-13-25/h1-11,13,21,27H,12H2,(H2,25,26)(H,28,29). The van der Waals surface area contributed by atoms with Gasteiger partial charge in [0.05, 0.1) is 23.3 Å². The van der Waals surface area contributed by atoms with Crippen LogP contribution in [0.3, 0.4) is 0 Å². The maximum absolute atomic E-state index is 13.7. The highest BCUT2D eigenvalue weighted by atomic mass is 32.2. The monoisotopic (exact) mass is 459 g/mol. The van der Waals surface area contributed by atoms with Gasteiger partial charge < -0.3 is 10.8 Å². The summed E-state index contributed by atoms with van der Waals surface area (Å²) in [6.07, 6.45) is 0.596. The minimum absolute atomic E-state index is 0.0553. The Labute approximate surface area is 183 Å². The van der Waals surface area contributed by atoms with Crippen molar-refractivity contribution in [1.29, 1.82) is 0 Å². The van der Waals surface area contributed by atoms with Crippen LogP contribution in [0.1, 0.15) is 23.5 Å². The highest BCUT2D eigenvalue weighted by Crippen LogP contribution is 2.31. The first-order valence-corrected chi connectivity index (χ1v) is 10.8. The molecule has 3 aromatic carbocycles. The fourth-order valence-electron chi connectivity index (χ4n) is 3.23. The summed E-state index contributed by atoms with van der Waals surface area (Å²) in [6, 6.07) is 14.6. The molecule has 0 fully saturated rings. The lowest BCUT2D eigenvalue weighted by Gasteiger charge is -2.18. The van der Waals surface area contributed by atoms with E-state index in [9.17, 15) is 27.1 Å². The molecule has 7 nitrogen and oxygen atoms in total. The molecule has 0 aliphatic carbocycles. The molecule has 3 rings (SSSR count). The Morgan fingerprint density at radius 1 is 1.03 bits per heavy atom. The molecular formula is C22H19F2N3O4S. The quantitative estimate of drug-likeness (QED) is 0.347. The first kappa shape index (κ1) is 22.9. The van der Waals surface area contributed by atoms with Crippen molar-refractivity contribution >= 4 is 33.7 Å². The minimum atomic E-state index is -4.00. The smallest absolute Gasteiger partial charge is 0.304 e. The molecule has 0 aliphatic heterocycles. The highest BCUT2D eigenvalue weighted by Gasteiger charge is 2.21. The van der Waals surface area contributed by atoms with Gasteiger partial charge in [0.1, 0.15) is 11.6 Å². The Balaban J connectivity index is 1.96. The highest BCUT2D eigenvalue weighted by molar-refractivity contribution is 7.92. The Morgan fingerprint density at radius 3 is 2.38 bits per heavy atom. The van der Waals surface area contributed by atoms with E-state index < -0.39 is 40.0 Å². The number of aliphatic imine (C=N–C) groups is 1. The largest absolute Gasteiger partial charge is 0.481 e. The maximum atomic E-state index is 13.7. The second-order valence-corrected chi connectivity index (χ2v) is 8.54. The average Bonchev–Trinajstić information content (AvgIpc) is 2.71. The number of rotatable bonds is 8. The third-order valence-corrected chi connectivity index (χ3v) is 5.94. The molecule has 4 N–H and O–H groups in total. The lowest BCUT2D eigenvalue weighted by molar-refractivity contribution is -0.137. The molecule has 32 heavy (non-hydrogen) atoms. The van der Waals surface area contributed by atoms with Gasteiger partial charge in [-0.25, -0.2) is 22.2 Å². The number of carboxylic acid groups (broad SMARTS) is 1. The number of hydrogen-bond acceptors (Lipinski definition) is 4. The Kier molecular flexibility index (Phi) is 6.84. The van der Waals surface area contributed by atoms with E-state index in [1.165, 1.54) is 36.4 Å². The molecule has 0 saturated carbocycles. The summed E-state index contributed by atoms with van der Waals surface area (Å²) in [6.45, 7) is 0. The molecule has 0 radical (unpaired) electrons. The van der Waals surface area contributed by atoms with Gasteiger partial charge in [-0.2, -0.15) is 0 Å². The van der Waals surface area contributed by atoms with Crippen molar-refractivity contribution in [2.24, 2.45) is 10.7 Å². The first-order chi connectivity index (χ1) is 15.2. The number of halogens is 2. The van der Waals surface area contributed by atoms with E-state index >= 15 is 0 Å². The second-order valence-electron chi connectivity index (χ2n) is 6.86. The Hall–Kier alpha value is -3.79. The number of nitrogens with zero attached hydrogens (tertiary/aromatic N) is 1. The third kappa shape index (κ3) is 5.67. The summed E-state index contributed by atoms with van der Waals surface area (Å²) in [4.78, 5) is 15.2. The van der Waals surface area contributed by atoms with Crippen molar-refractivity contribution in [3.63, 3.8) is 0 Å². The number of hydrogen-bond donors (Lipinski definition) is 3. The predicted molar refractivity (Wildman–Crippen MR) is 116 cm³/mol. The fraction of sp³-hybridized carbons (Fsp3) is 0.0909. The Bertz CT molecular complexity index is 1260. The van der Waals surface area contributed by atoms with Crippen molar-refractivity contribution in [2.75, 3.05) is 4.72 Å². The molecule has 10 heteroatoms. The van der Waals surface area contributed by atoms with Crippen molar-refractivity contribution < 1.29 is 27.1 Å². The summed E-state index contributed by atoms with van der Waals surface area (Å²) in [7, 11) is -4.00. The topological polar surface area (TPSA) is 122 Å². The van der Waals surface area contributed by atoms with E-state index in [1.54, 1.807) is 12.1 Å². The van der Waals surface area contributed by atoms with Gasteiger partial charge in [-0.3, -0.25) is 9.52 Å². The molecule has 0 bridgehead atoms. The first-order valence-electron chi connectivity index (χ1n) is 9.33. The third-order valence-electron chi connectivity index (χ3n) is 4.56. The van der Waals surface area contributed by atoms with Crippen LogP contribution >= 0.6 is 0 Å². The van der Waals surface area contributed by atoms with Crippen LogP contribution in [-0.4, -0.2) is 25.8 Å². The van der Waals surface area contributed by atoms with Crippen LogP contribution in [0.5, 0.6) is 0 Å². The zero-order valence-electron chi connectivity index (χ0n) is 16.6. The molecule has 0 spiro atoms. The molecule has 0 aromatic heterocycles. The molecule has 166 valence electrons.